The molecule has 1 aliphatic heterocycles. The molecule has 0 saturated heterocycles. The zero-order chi connectivity index (χ0) is 21.6. The number of ether oxygens (including phenoxy) is 3. The summed E-state index contributed by atoms with van der Waals surface area (Å²) in [6, 6.07) is 21.2. The van der Waals surface area contributed by atoms with Crippen LogP contribution in [0.5, 0.6) is 17.2 Å². The fourth-order valence-electron chi connectivity index (χ4n) is 3.89. The van der Waals surface area contributed by atoms with Crippen molar-refractivity contribution in [2.45, 2.75) is 38.8 Å². The number of hydrogen-bond acceptors (Lipinski definition) is 3. The lowest BCUT2D eigenvalue weighted by Gasteiger charge is -2.18. The summed E-state index contributed by atoms with van der Waals surface area (Å²) in [5, 5.41) is 2.30. The average Bonchev–Trinajstić information content (AvgIpc) is 3.23. The summed E-state index contributed by atoms with van der Waals surface area (Å²) in [5.41, 5.74) is 3.53. The molecule has 0 unspecified atom stereocenters. The van der Waals surface area contributed by atoms with Gasteiger partial charge >= 0.3 is 0 Å². The number of halogens is 1. The minimum absolute atomic E-state index is 0.143. The molecular weight excluding hydrogens is 393 g/mol. The van der Waals surface area contributed by atoms with Crippen LogP contribution >= 0.6 is 0 Å². The summed E-state index contributed by atoms with van der Waals surface area (Å²) >= 11 is 0. The number of benzene rings is 3. The van der Waals surface area contributed by atoms with Crippen LogP contribution < -0.4 is 19.5 Å². The lowest BCUT2D eigenvalue weighted by Crippen LogP contribution is -2.82. The van der Waals surface area contributed by atoms with Gasteiger partial charge in [0.25, 0.3) is 0 Å². The molecule has 162 valence electrons. The molecule has 0 bridgehead atoms. The van der Waals surface area contributed by atoms with Gasteiger partial charge in [-0.15, -0.1) is 0 Å². The van der Waals surface area contributed by atoms with Crippen LogP contribution in [0.25, 0.3) is 0 Å². The largest absolute Gasteiger partial charge is 0.491 e. The molecule has 5 heteroatoms. The maximum atomic E-state index is 13.5. The molecule has 0 aromatic heterocycles. The number of fused-ring (bicyclic) bond motifs is 1. The molecule has 1 atom stereocenters. The lowest BCUT2D eigenvalue weighted by atomic mass is 9.88. The molecule has 4 nitrogen and oxygen atoms in total. The summed E-state index contributed by atoms with van der Waals surface area (Å²) in [4.78, 5) is 0. The Morgan fingerprint density at radius 3 is 2.29 bits per heavy atom. The van der Waals surface area contributed by atoms with Crippen molar-refractivity contribution in [2.24, 2.45) is 0 Å². The van der Waals surface area contributed by atoms with E-state index in [0.717, 1.165) is 42.3 Å². The first-order chi connectivity index (χ1) is 15.1. The van der Waals surface area contributed by atoms with Crippen LogP contribution in [-0.4, -0.2) is 19.4 Å². The van der Waals surface area contributed by atoms with Gasteiger partial charge in [0.15, 0.2) is 11.5 Å². The number of nitrogens with two attached hydrogens (primary N) is 1. The van der Waals surface area contributed by atoms with Crippen molar-refractivity contribution in [3.63, 3.8) is 0 Å². The second-order valence-electron chi connectivity index (χ2n) is 8.10. The van der Waals surface area contributed by atoms with Gasteiger partial charge in [0.05, 0.1) is 12.6 Å². The van der Waals surface area contributed by atoms with E-state index >= 15 is 0 Å². The van der Waals surface area contributed by atoms with E-state index in [9.17, 15) is 4.39 Å². The maximum Gasteiger partial charge on any atom is 0.231 e. The Hall–Kier alpha value is -3.05. The molecule has 1 aliphatic rings. The van der Waals surface area contributed by atoms with Crippen LogP contribution in [0, 0.1) is 5.82 Å². The van der Waals surface area contributed by atoms with E-state index in [1.807, 2.05) is 50.2 Å². The molecule has 31 heavy (non-hydrogen) atoms. The maximum absolute atomic E-state index is 13.5. The van der Waals surface area contributed by atoms with Gasteiger partial charge in [0.1, 0.15) is 18.1 Å². The van der Waals surface area contributed by atoms with E-state index in [4.69, 9.17) is 14.2 Å². The smallest absolute Gasteiger partial charge is 0.231 e. The second-order valence-corrected chi connectivity index (χ2v) is 8.10. The highest BCUT2D eigenvalue weighted by Gasteiger charge is 2.17. The van der Waals surface area contributed by atoms with Gasteiger partial charge in [-0.05, 0) is 67.4 Å². The van der Waals surface area contributed by atoms with E-state index in [2.05, 4.69) is 23.5 Å². The van der Waals surface area contributed by atoms with Gasteiger partial charge < -0.3 is 19.5 Å². The van der Waals surface area contributed by atoms with E-state index < -0.39 is 0 Å². The van der Waals surface area contributed by atoms with E-state index in [0.29, 0.717) is 6.79 Å². The fourth-order valence-corrected chi connectivity index (χ4v) is 3.89. The van der Waals surface area contributed by atoms with Gasteiger partial charge in [-0.1, -0.05) is 24.3 Å². The standard InChI is InChI=1S/C26H28FNO3/c1-18(2)31-23-10-6-21(7-11-23)24(20-4-8-22(27)9-5-20)13-14-28-16-19-3-12-25-26(15-19)30-17-29-25/h3-12,15,18,24,28H,13-14,16-17H2,1-2H3/p+1/t24-/m1/s1. The van der Waals surface area contributed by atoms with Crippen molar-refractivity contribution in [1.29, 1.82) is 0 Å². The molecular formula is C26H29FNO3+. The van der Waals surface area contributed by atoms with Crippen LogP contribution in [0.1, 0.15) is 42.9 Å². The topological polar surface area (TPSA) is 44.3 Å². The van der Waals surface area contributed by atoms with Crippen LogP contribution in [0.3, 0.4) is 0 Å². The minimum atomic E-state index is -0.211. The molecule has 0 aliphatic carbocycles. The van der Waals surface area contributed by atoms with Gasteiger partial charge in [-0.3, -0.25) is 0 Å². The highest BCUT2D eigenvalue weighted by Crippen LogP contribution is 2.32. The van der Waals surface area contributed by atoms with Crippen molar-refractivity contribution < 1.29 is 23.9 Å². The zero-order valence-corrected chi connectivity index (χ0v) is 18.0. The normalized spacial score (nSPS) is 13.4. The molecule has 3 aromatic rings. The van der Waals surface area contributed by atoms with Crippen LogP contribution in [0.2, 0.25) is 0 Å². The monoisotopic (exact) mass is 422 g/mol. The first kappa shape index (κ1) is 21.2. The molecule has 0 amide bonds. The first-order valence-electron chi connectivity index (χ1n) is 10.8. The third kappa shape index (κ3) is 5.56. The number of hydrogen-bond donors (Lipinski definition) is 1. The zero-order valence-electron chi connectivity index (χ0n) is 18.0. The third-order valence-corrected chi connectivity index (χ3v) is 5.40. The average molecular weight is 423 g/mol. The Labute approximate surface area is 183 Å². The third-order valence-electron chi connectivity index (χ3n) is 5.40. The molecule has 1 heterocycles. The molecule has 0 saturated carbocycles. The second kappa shape index (κ2) is 9.84. The van der Waals surface area contributed by atoms with Crippen molar-refractivity contribution in [3.8, 4) is 17.2 Å². The van der Waals surface area contributed by atoms with Crippen molar-refractivity contribution in [3.05, 3.63) is 89.2 Å². The molecule has 2 N–H and O–H groups in total. The quantitative estimate of drug-likeness (QED) is 0.512. The summed E-state index contributed by atoms with van der Waals surface area (Å²) in [7, 11) is 0. The van der Waals surface area contributed by atoms with Gasteiger partial charge in [-0.2, -0.15) is 0 Å². The Kier molecular flexibility index (Phi) is 6.73. The number of quaternary nitrogens is 1. The molecule has 4 rings (SSSR count). The highest BCUT2D eigenvalue weighted by atomic mass is 19.1. The first-order valence-corrected chi connectivity index (χ1v) is 10.8. The minimum Gasteiger partial charge on any atom is -0.491 e. The Bertz CT molecular complexity index is 987. The summed E-state index contributed by atoms with van der Waals surface area (Å²) in [6.45, 7) is 6.15. The fraction of sp³-hybridized carbons (Fsp3) is 0.308. The predicted molar refractivity (Wildman–Crippen MR) is 118 cm³/mol. The van der Waals surface area contributed by atoms with Crippen molar-refractivity contribution in [2.75, 3.05) is 13.3 Å². The Morgan fingerprint density at radius 1 is 0.903 bits per heavy atom. The molecule has 0 fully saturated rings. The van der Waals surface area contributed by atoms with E-state index in [1.54, 1.807) is 0 Å². The van der Waals surface area contributed by atoms with E-state index in [1.165, 1.54) is 23.3 Å². The summed E-state index contributed by atoms with van der Waals surface area (Å²) < 4.78 is 30.1. The molecule has 0 spiro atoms. The lowest BCUT2D eigenvalue weighted by molar-refractivity contribution is -0.671. The van der Waals surface area contributed by atoms with Crippen LogP contribution in [0.4, 0.5) is 4.39 Å². The SMILES string of the molecule is CC(C)Oc1ccc([C@H](CC[NH2+]Cc2ccc3c(c2)OCO3)c2ccc(F)cc2)cc1. The Balaban J connectivity index is 1.41. The summed E-state index contributed by atoms with van der Waals surface area (Å²) in [5.74, 6) is 2.48. The summed E-state index contributed by atoms with van der Waals surface area (Å²) in [6.07, 6.45) is 1.09. The van der Waals surface area contributed by atoms with Gasteiger partial charge in [0.2, 0.25) is 6.79 Å². The number of rotatable bonds is 9. The van der Waals surface area contributed by atoms with Crippen molar-refractivity contribution in [1.82, 2.24) is 0 Å². The predicted octanol–water partition coefficient (Wildman–Crippen LogP) is 4.63. The highest BCUT2D eigenvalue weighted by molar-refractivity contribution is 5.44. The van der Waals surface area contributed by atoms with Gasteiger partial charge in [-0.25, -0.2) is 4.39 Å². The Morgan fingerprint density at radius 2 is 1.58 bits per heavy atom. The van der Waals surface area contributed by atoms with Gasteiger partial charge in [0, 0.05) is 17.9 Å². The van der Waals surface area contributed by atoms with Crippen LogP contribution in [-0.2, 0) is 6.54 Å². The van der Waals surface area contributed by atoms with Crippen molar-refractivity contribution >= 4 is 0 Å². The van der Waals surface area contributed by atoms with Crippen LogP contribution in [0.15, 0.2) is 66.7 Å². The molecule has 3 aromatic carbocycles. The molecule has 0 radical (unpaired) electrons. The van der Waals surface area contributed by atoms with E-state index in [-0.39, 0.29) is 17.8 Å².